The largest absolute Gasteiger partial charge is 0.0804 e. The fourth-order valence-corrected chi connectivity index (χ4v) is 3.74. The van der Waals surface area contributed by atoms with Crippen molar-refractivity contribution in [3.8, 4) is 0 Å². The Bertz CT molecular complexity index is 522. The molecule has 0 heterocycles. The lowest BCUT2D eigenvalue weighted by atomic mass is 9.74. The molecule has 2 aliphatic carbocycles. The number of hydrogen-bond donors (Lipinski definition) is 0. The molecule has 2 aliphatic rings. The maximum atomic E-state index is 2.45. The summed E-state index contributed by atoms with van der Waals surface area (Å²) in [6.45, 7) is 4.45. The maximum Gasteiger partial charge on any atom is 0.00828 e. The van der Waals surface area contributed by atoms with E-state index in [0.29, 0.717) is 0 Å². The Balaban J connectivity index is 1.57. The highest BCUT2D eigenvalue weighted by atomic mass is 14.3. The van der Waals surface area contributed by atoms with Gasteiger partial charge in [0, 0.05) is 6.42 Å². The third-order valence-electron chi connectivity index (χ3n) is 5.28. The molecule has 1 aromatic carbocycles. The highest BCUT2D eigenvalue weighted by Crippen LogP contribution is 2.40. The van der Waals surface area contributed by atoms with Crippen LogP contribution in [0.2, 0.25) is 0 Å². The van der Waals surface area contributed by atoms with Gasteiger partial charge in [0.25, 0.3) is 0 Å². The van der Waals surface area contributed by atoms with Crippen LogP contribution in [0.5, 0.6) is 0 Å². The Kier molecular flexibility index (Phi) is 4.63. The van der Waals surface area contributed by atoms with Crippen LogP contribution in [0.1, 0.15) is 63.0 Å². The van der Waals surface area contributed by atoms with E-state index in [-0.39, 0.29) is 0 Å². The van der Waals surface area contributed by atoms with Crippen molar-refractivity contribution < 1.29 is 0 Å². The Morgan fingerprint density at radius 3 is 2.19 bits per heavy atom. The van der Waals surface area contributed by atoms with Gasteiger partial charge in [-0.05, 0) is 68.4 Å². The third kappa shape index (κ3) is 3.48. The summed E-state index contributed by atoms with van der Waals surface area (Å²) in [6, 6.07) is 9.35. The second-order valence-corrected chi connectivity index (χ2v) is 6.73. The van der Waals surface area contributed by atoms with Crippen LogP contribution in [0, 0.1) is 12.3 Å². The molecule has 0 atom stereocenters. The quantitative estimate of drug-likeness (QED) is 0.636. The number of allylic oxidation sites excluding steroid dienone is 4. The minimum Gasteiger partial charge on any atom is -0.0804 e. The smallest absolute Gasteiger partial charge is 0.00828 e. The first kappa shape index (κ1) is 14.6. The number of hydrogen-bond acceptors (Lipinski definition) is 0. The van der Waals surface area contributed by atoms with Crippen LogP contribution in [0.15, 0.2) is 47.6 Å². The van der Waals surface area contributed by atoms with Crippen molar-refractivity contribution in [2.75, 3.05) is 0 Å². The second-order valence-electron chi connectivity index (χ2n) is 6.73. The van der Waals surface area contributed by atoms with Crippen molar-refractivity contribution in [1.29, 1.82) is 0 Å². The molecule has 0 amide bonds. The molecule has 0 N–H and O–H groups in total. The van der Waals surface area contributed by atoms with Crippen LogP contribution in [0.4, 0.5) is 0 Å². The van der Waals surface area contributed by atoms with Crippen LogP contribution in [0.3, 0.4) is 0 Å². The Hall–Kier alpha value is -1.30. The van der Waals surface area contributed by atoms with Crippen molar-refractivity contribution in [1.82, 2.24) is 0 Å². The summed E-state index contributed by atoms with van der Waals surface area (Å²) in [5.41, 5.74) is 6.10. The zero-order valence-electron chi connectivity index (χ0n) is 13.4. The average molecular weight is 279 g/mol. The van der Waals surface area contributed by atoms with Gasteiger partial charge in [0.05, 0.1) is 0 Å². The highest BCUT2D eigenvalue weighted by Gasteiger charge is 2.24. The molecule has 0 bridgehead atoms. The third-order valence-corrected chi connectivity index (χ3v) is 5.28. The maximum absolute atomic E-state index is 2.45. The van der Waals surface area contributed by atoms with E-state index in [2.05, 4.69) is 56.7 Å². The summed E-state index contributed by atoms with van der Waals surface area (Å²) in [6.07, 6.45) is 14.8. The number of aryl methyl sites for hydroxylation is 1. The van der Waals surface area contributed by atoms with E-state index in [1.54, 1.807) is 11.1 Å². The van der Waals surface area contributed by atoms with E-state index in [4.69, 9.17) is 0 Å². The van der Waals surface area contributed by atoms with Crippen molar-refractivity contribution in [2.24, 2.45) is 5.92 Å². The van der Waals surface area contributed by atoms with Crippen LogP contribution in [-0.2, 0) is 6.42 Å². The minimum atomic E-state index is 0.786. The van der Waals surface area contributed by atoms with Gasteiger partial charge in [-0.15, -0.1) is 0 Å². The second kappa shape index (κ2) is 6.64. The molecule has 0 aromatic heterocycles. The molecule has 21 heavy (non-hydrogen) atoms. The van der Waals surface area contributed by atoms with Crippen molar-refractivity contribution in [3.05, 3.63) is 65.1 Å². The normalized spacial score (nSPS) is 26.2. The molecule has 0 spiro atoms. The zero-order chi connectivity index (χ0) is 14.7. The van der Waals surface area contributed by atoms with Gasteiger partial charge in [-0.2, -0.15) is 0 Å². The molecule has 0 saturated heterocycles. The van der Waals surface area contributed by atoms with Crippen LogP contribution in [0.25, 0.3) is 0 Å². The van der Waals surface area contributed by atoms with E-state index in [0.717, 1.165) is 24.7 Å². The predicted molar refractivity (Wildman–Crippen MR) is 91.3 cm³/mol. The Morgan fingerprint density at radius 1 is 0.952 bits per heavy atom. The molecule has 1 radical (unpaired) electrons. The lowest BCUT2D eigenvalue weighted by Crippen LogP contribution is -2.16. The first-order chi connectivity index (χ1) is 10.3. The molecule has 0 heteroatoms. The zero-order valence-corrected chi connectivity index (χ0v) is 13.4. The van der Waals surface area contributed by atoms with Gasteiger partial charge < -0.3 is 0 Å². The molecule has 0 unspecified atom stereocenters. The fourth-order valence-electron chi connectivity index (χ4n) is 3.74. The molecular weight excluding hydrogens is 252 g/mol. The average Bonchev–Trinajstić information content (AvgIpc) is 2.56. The van der Waals surface area contributed by atoms with Gasteiger partial charge in [0.1, 0.15) is 0 Å². The van der Waals surface area contributed by atoms with E-state index in [1.165, 1.54) is 36.8 Å². The summed E-state index contributed by atoms with van der Waals surface area (Å²) in [4.78, 5) is 0. The molecule has 1 saturated carbocycles. The molecule has 1 fully saturated rings. The van der Waals surface area contributed by atoms with Crippen LogP contribution < -0.4 is 0 Å². The SMILES string of the molecule is CCc1ccc(C2CCC(C3=CCC(C)=C[CH]3)CC2)cc1. The Labute approximate surface area is 130 Å². The summed E-state index contributed by atoms with van der Waals surface area (Å²) in [7, 11) is 0. The highest BCUT2D eigenvalue weighted by molar-refractivity contribution is 5.33. The van der Waals surface area contributed by atoms with Crippen molar-refractivity contribution >= 4 is 0 Å². The molecule has 0 nitrogen and oxygen atoms in total. The lowest BCUT2D eigenvalue weighted by molar-refractivity contribution is 0.364. The monoisotopic (exact) mass is 279 g/mol. The topological polar surface area (TPSA) is 0 Å². The van der Waals surface area contributed by atoms with Crippen molar-refractivity contribution in [2.45, 2.75) is 58.3 Å². The fraction of sp³-hybridized carbons (Fsp3) is 0.476. The molecule has 0 aliphatic heterocycles. The van der Waals surface area contributed by atoms with Gasteiger partial charge in [0.15, 0.2) is 0 Å². The standard InChI is InChI=1S/C21H27/c1-3-17-6-10-19(11-7-17)21-14-12-20(13-15-21)18-8-4-16(2)5-9-18/h4,6-11,20-21H,3,5,12-15H2,1-2H3. The van der Waals surface area contributed by atoms with Crippen molar-refractivity contribution in [3.63, 3.8) is 0 Å². The van der Waals surface area contributed by atoms with E-state index < -0.39 is 0 Å². The van der Waals surface area contributed by atoms with Crippen LogP contribution >= 0.6 is 0 Å². The summed E-state index contributed by atoms with van der Waals surface area (Å²) < 4.78 is 0. The lowest BCUT2D eigenvalue weighted by Gasteiger charge is -2.31. The summed E-state index contributed by atoms with van der Waals surface area (Å²) >= 11 is 0. The van der Waals surface area contributed by atoms with E-state index in [9.17, 15) is 0 Å². The number of benzene rings is 1. The van der Waals surface area contributed by atoms with Gasteiger partial charge in [-0.25, -0.2) is 0 Å². The van der Waals surface area contributed by atoms with Gasteiger partial charge in [0.2, 0.25) is 0 Å². The number of rotatable bonds is 3. The molecule has 1 aromatic rings. The van der Waals surface area contributed by atoms with E-state index >= 15 is 0 Å². The molecule has 3 rings (SSSR count). The van der Waals surface area contributed by atoms with Gasteiger partial charge >= 0.3 is 0 Å². The summed E-state index contributed by atoms with van der Waals surface area (Å²) in [5.74, 6) is 1.59. The van der Waals surface area contributed by atoms with Gasteiger partial charge in [-0.3, -0.25) is 0 Å². The first-order valence-electron chi connectivity index (χ1n) is 8.55. The summed E-state index contributed by atoms with van der Waals surface area (Å²) in [5, 5.41) is 0. The molecular formula is C21H27. The minimum absolute atomic E-state index is 0.786. The van der Waals surface area contributed by atoms with Gasteiger partial charge in [-0.1, -0.05) is 54.5 Å². The van der Waals surface area contributed by atoms with E-state index in [1.807, 2.05) is 0 Å². The predicted octanol–water partition coefficient (Wildman–Crippen LogP) is 6.00. The first-order valence-corrected chi connectivity index (χ1v) is 8.55. The molecule has 111 valence electrons. The Morgan fingerprint density at radius 2 is 1.62 bits per heavy atom. The van der Waals surface area contributed by atoms with Crippen LogP contribution in [-0.4, -0.2) is 0 Å².